The highest BCUT2D eigenvalue weighted by Crippen LogP contribution is 2.27. The molecule has 0 fully saturated rings. The molecule has 0 aromatic heterocycles. The molecule has 0 heterocycles. The number of nitrogens with zero attached hydrogens (tertiary/aromatic N) is 3. The summed E-state index contributed by atoms with van der Waals surface area (Å²) in [6, 6.07) is -0.867. The SMILES string of the molecule is CC(C)(C)OC(=O)CNCCN(CCN(CCNCC(=O)OC(C)(C)C)CC1=CC([N+](=O)[O-])CC=C1OC(C)(C)C)CC(=O)OC(C)(C)C. The quantitative estimate of drug-likeness (QED) is 0.0664. The van der Waals surface area contributed by atoms with E-state index in [1.807, 2.05) is 67.2 Å². The summed E-state index contributed by atoms with van der Waals surface area (Å²) < 4.78 is 22.6. The van der Waals surface area contributed by atoms with Crippen LogP contribution in [0.15, 0.2) is 23.5 Å². The normalized spacial score (nSPS) is 15.8. The molecule has 0 saturated carbocycles. The maximum atomic E-state index is 12.9. The number of nitro groups is 1. The number of carbonyl (C=O) groups is 3. The summed E-state index contributed by atoms with van der Waals surface area (Å²) in [7, 11) is 0. The average molecular weight is 698 g/mol. The molecule has 1 aliphatic carbocycles. The van der Waals surface area contributed by atoms with Gasteiger partial charge in [-0.1, -0.05) is 0 Å². The molecule has 0 aromatic carbocycles. The first-order chi connectivity index (χ1) is 22.3. The van der Waals surface area contributed by atoms with Gasteiger partial charge in [0.15, 0.2) is 0 Å². The molecule has 0 saturated heterocycles. The van der Waals surface area contributed by atoms with E-state index in [9.17, 15) is 24.5 Å². The molecule has 0 aliphatic heterocycles. The van der Waals surface area contributed by atoms with Crippen LogP contribution in [0.1, 0.15) is 89.5 Å². The second kappa shape index (κ2) is 19.4. The van der Waals surface area contributed by atoms with E-state index in [-0.39, 0.29) is 48.9 Å². The number of hydrogen-bond acceptors (Lipinski definition) is 13. The lowest BCUT2D eigenvalue weighted by Crippen LogP contribution is -2.45. The number of nitrogens with one attached hydrogen (secondary N) is 2. The molecule has 0 spiro atoms. The molecule has 1 unspecified atom stereocenters. The molecule has 0 radical (unpaired) electrons. The van der Waals surface area contributed by atoms with Crippen LogP contribution in [0, 0.1) is 10.1 Å². The van der Waals surface area contributed by atoms with Gasteiger partial charge >= 0.3 is 17.9 Å². The molecule has 0 amide bonds. The second-order valence-electron chi connectivity index (χ2n) is 16.2. The Bertz CT molecular complexity index is 1160. The van der Waals surface area contributed by atoms with Crippen LogP contribution in [-0.2, 0) is 33.3 Å². The van der Waals surface area contributed by atoms with Crippen LogP contribution in [0.2, 0.25) is 0 Å². The Kier molecular flexibility index (Phi) is 17.4. The summed E-state index contributed by atoms with van der Waals surface area (Å²) in [4.78, 5) is 52.8. The van der Waals surface area contributed by atoms with Crippen LogP contribution < -0.4 is 10.6 Å². The van der Waals surface area contributed by atoms with Crippen LogP contribution in [-0.4, -0.2) is 127 Å². The van der Waals surface area contributed by atoms with Crippen molar-refractivity contribution in [1.82, 2.24) is 20.4 Å². The van der Waals surface area contributed by atoms with Gasteiger partial charge in [0.25, 0.3) is 0 Å². The van der Waals surface area contributed by atoms with Gasteiger partial charge in [-0.3, -0.25) is 34.3 Å². The van der Waals surface area contributed by atoms with E-state index < -0.39 is 28.4 Å². The number of hydrogen-bond donors (Lipinski definition) is 2. The van der Waals surface area contributed by atoms with E-state index in [0.29, 0.717) is 57.1 Å². The topological polar surface area (TPSA) is 162 Å². The molecular weight excluding hydrogens is 634 g/mol. The van der Waals surface area contributed by atoms with E-state index in [0.717, 1.165) is 0 Å². The van der Waals surface area contributed by atoms with Crippen molar-refractivity contribution in [3.63, 3.8) is 0 Å². The highest BCUT2D eigenvalue weighted by Gasteiger charge is 2.28. The number of carbonyl (C=O) groups excluding carboxylic acids is 3. The molecule has 49 heavy (non-hydrogen) atoms. The Morgan fingerprint density at radius 3 is 1.63 bits per heavy atom. The molecule has 282 valence electrons. The van der Waals surface area contributed by atoms with Gasteiger partial charge in [0.05, 0.1) is 19.6 Å². The van der Waals surface area contributed by atoms with Crippen molar-refractivity contribution < 1.29 is 38.3 Å². The van der Waals surface area contributed by atoms with Crippen molar-refractivity contribution >= 4 is 17.9 Å². The van der Waals surface area contributed by atoms with Gasteiger partial charge in [-0.15, -0.1) is 0 Å². The van der Waals surface area contributed by atoms with Crippen LogP contribution in [0.3, 0.4) is 0 Å². The fourth-order valence-electron chi connectivity index (χ4n) is 4.69. The Labute approximate surface area is 293 Å². The Balaban J connectivity index is 3.14. The maximum Gasteiger partial charge on any atom is 0.320 e. The fourth-order valence-corrected chi connectivity index (χ4v) is 4.69. The first-order valence-electron chi connectivity index (χ1n) is 17.1. The third kappa shape index (κ3) is 22.3. The molecule has 14 heteroatoms. The van der Waals surface area contributed by atoms with Crippen LogP contribution >= 0.6 is 0 Å². The lowest BCUT2D eigenvalue weighted by molar-refractivity contribution is -0.508. The lowest BCUT2D eigenvalue weighted by atomic mass is 10.00. The maximum absolute atomic E-state index is 12.9. The van der Waals surface area contributed by atoms with E-state index in [1.54, 1.807) is 32.9 Å². The molecular formula is C35H63N5O9. The van der Waals surface area contributed by atoms with Crippen molar-refractivity contribution in [3.8, 4) is 0 Å². The van der Waals surface area contributed by atoms with Crippen molar-refractivity contribution in [3.05, 3.63) is 33.6 Å². The second-order valence-corrected chi connectivity index (χ2v) is 16.2. The van der Waals surface area contributed by atoms with Gasteiger partial charge in [-0.25, -0.2) is 0 Å². The first-order valence-corrected chi connectivity index (χ1v) is 17.1. The minimum atomic E-state index is -0.867. The van der Waals surface area contributed by atoms with E-state index in [1.165, 1.54) is 0 Å². The van der Waals surface area contributed by atoms with Gasteiger partial charge in [-0.05, 0) is 95.2 Å². The third-order valence-electron chi connectivity index (χ3n) is 6.43. The lowest BCUT2D eigenvalue weighted by Gasteiger charge is -2.32. The predicted octanol–water partition coefficient (Wildman–Crippen LogP) is 3.47. The van der Waals surface area contributed by atoms with Gasteiger partial charge in [-0.2, -0.15) is 0 Å². The van der Waals surface area contributed by atoms with Crippen molar-refractivity contribution in [2.45, 2.75) is 118 Å². The molecule has 1 rings (SSSR count). The fraction of sp³-hybridized carbons (Fsp3) is 0.800. The number of ether oxygens (including phenoxy) is 4. The average Bonchev–Trinajstić information content (AvgIpc) is 2.88. The summed E-state index contributed by atoms with van der Waals surface area (Å²) >= 11 is 0. The highest BCUT2D eigenvalue weighted by molar-refractivity contribution is 5.73. The molecule has 1 atom stereocenters. The summed E-state index contributed by atoms with van der Waals surface area (Å²) in [5.74, 6) is -0.507. The molecule has 2 N–H and O–H groups in total. The monoisotopic (exact) mass is 697 g/mol. The Hall–Kier alpha value is -3.07. The van der Waals surface area contributed by atoms with Crippen LogP contribution in [0.25, 0.3) is 0 Å². The summed E-state index contributed by atoms with van der Waals surface area (Å²) in [6.45, 7) is 25.2. The van der Waals surface area contributed by atoms with Gasteiger partial charge in [0.1, 0.15) is 28.2 Å². The predicted molar refractivity (Wildman–Crippen MR) is 189 cm³/mol. The van der Waals surface area contributed by atoms with Crippen LogP contribution in [0.5, 0.6) is 0 Å². The standard InChI is InChI=1S/C35H63N5O9/c1-32(2,3)46-28-14-13-27(40(44)45)21-26(28)24-38(17-15-36-22-29(41)47-33(4,5)6)19-20-39(25-31(43)49-35(10,11)12)18-16-37-23-30(42)48-34(7,8)9/h14,21,27,36-37H,13,15-20,22-25H2,1-12H3. The Morgan fingerprint density at radius 1 is 0.735 bits per heavy atom. The van der Waals surface area contributed by atoms with Crippen LogP contribution in [0.4, 0.5) is 0 Å². The minimum absolute atomic E-state index is 0.0283. The number of rotatable bonds is 19. The summed E-state index contributed by atoms with van der Waals surface area (Å²) in [6.07, 6.45) is 3.67. The highest BCUT2D eigenvalue weighted by atomic mass is 16.6. The zero-order valence-electron chi connectivity index (χ0n) is 32.0. The summed E-state index contributed by atoms with van der Waals surface area (Å²) in [5, 5.41) is 18.0. The van der Waals surface area contributed by atoms with Crippen molar-refractivity contribution in [1.29, 1.82) is 0 Å². The zero-order chi connectivity index (χ0) is 37.6. The minimum Gasteiger partial charge on any atom is -0.488 e. The van der Waals surface area contributed by atoms with E-state index >= 15 is 0 Å². The summed E-state index contributed by atoms with van der Waals surface area (Å²) in [5.41, 5.74) is -1.65. The van der Waals surface area contributed by atoms with Gasteiger partial charge < -0.3 is 29.6 Å². The van der Waals surface area contributed by atoms with Gasteiger partial charge in [0, 0.05) is 62.7 Å². The van der Waals surface area contributed by atoms with E-state index in [2.05, 4.69) is 15.5 Å². The molecule has 0 bridgehead atoms. The molecule has 0 aromatic rings. The largest absolute Gasteiger partial charge is 0.488 e. The molecule has 14 nitrogen and oxygen atoms in total. The zero-order valence-corrected chi connectivity index (χ0v) is 32.0. The van der Waals surface area contributed by atoms with Crippen molar-refractivity contribution in [2.24, 2.45) is 0 Å². The number of esters is 3. The van der Waals surface area contributed by atoms with Crippen molar-refractivity contribution in [2.75, 3.05) is 65.4 Å². The third-order valence-corrected chi connectivity index (χ3v) is 6.43. The molecule has 1 aliphatic rings. The first kappa shape index (κ1) is 44.0. The Morgan fingerprint density at radius 2 is 1.18 bits per heavy atom. The smallest absolute Gasteiger partial charge is 0.320 e. The van der Waals surface area contributed by atoms with E-state index in [4.69, 9.17) is 18.9 Å². The van der Waals surface area contributed by atoms with Gasteiger partial charge in [0.2, 0.25) is 6.04 Å².